The Labute approximate surface area is 125 Å². The van der Waals surface area contributed by atoms with Gasteiger partial charge in [0.05, 0.1) is 11.3 Å². The summed E-state index contributed by atoms with van der Waals surface area (Å²) < 4.78 is 7.69. The number of nitrogens with one attached hydrogen (secondary N) is 1. The van der Waals surface area contributed by atoms with Crippen LogP contribution in [0.1, 0.15) is 52.1 Å². The lowest BCUT2D eigenvalue weighted by Gasteiger charge is -2.36. The second-order valence-corrected chi connectivity index (χ2v) is 6.77. The van der Waals surface area contributed by atoms with E-state index in [1.165, 1.54) is 0 Å². The van der Waals surface area contributed by atoms with E-state index in [0.717, 1.165) is 36.5 Å². The molecule has 1 aliphatic rings. The van der Waals surface area contributed by atoms with Crippen LogP contribution >= 0.6 is 0 Å². The van der Waals surface area contributed by atoms with Gasteiger partial charge in [-0.05, 0) is 38.7 Å². The van der Waals surface area contributed by atoms with Crippen molar-refractivity contribution in [3.05, 3.63) is 24.2 Å². The molecule has 3 rings (SSSR count). The zero-order chi connectivity index (χ0) is 15.0. The number of anilines is 1. The molecule has 0 aromatic carbocycles. The highest BCUT2D eigenvalue weighted by atomic mass is 16.5. The van der Waals surface area contributed by atoms with Gasteiger partial charge in [0, 0.05) is 25.0 Å². The zero-order valence-corrected chi connectivity index (χ0v) is 13.3. The molecule has 5 nitrogen and oxygen atoms in total. The van der Waals surface area contributed by atoms with Gasteiger partial charge in [-0.1, -0.05) is 13.8 Å². The number of nitrogens with zero attached hydrogens (tertiary/aromatic N) is 3. The van der Waals surface area contributed by atoms with Gasteiger partial charge in [0.25, 0.3) is 0 Å². The van der Waals surface area contributed by atoms with Crippen LogP contribution in [0.15, 0.2) is 18.5 Å². The highest BCUT2D eigenvalue weighted by Gasteiger charge is 2.29. The Morgan fingerprint density at radius 1 is 1.43 bits per heavy atom. The maximum Gasteiger partial charge on any atom is 0.152 e. The van der Waals surface area contributed by atoms with Crippen LogP contribution in [0.2, 0.25) is 0 Å². The first-order valence-electron chi connectivity index (χ1n) is 7.69. The number of aromatic nitrogens is 3. The Morgan fingerprint density at radius 3 is 2.95 bits per heavy atom. The molecule has 3 heterocycles. The number of fused-ring (bicyclic) bond motifs is 1. The van der Waals surface area contributed by atoms with Gasteiger partial charge in [0.2, 0.25) is 0 Å². The monoisotopic (exact) mass is 288 g/mol. The van der Waals surface area contributed by atoms with Gasteiger partial charge in [0.1, 0.15) is 5.52 Å². The van der Waals surface area contributed by atoms with Crippen molar-refractivity contribution in [3.63, 3.8) is 0 Å². The number of rotatable bonds is 3. The molecule has 0 amide bonds. The molecule has 1 saturated heterocycles. The Morgan fingerprint density at radius 2 is 2.24 bits per heavy atom. The fraction of sp³-hybridized carbons (Fsp3) is 0.625. The molecular weight excluding hydrogens is 264 g/mol. The summed E-state index contributed by atoms with van der Waals surface area (Å²) in [6, 6.07) is 2.52. The molecule has 0 bridgehead atoms. The van der Waals surface area contributed by atoms with Gasteiger partial charge in [-0.3, -0.25) is 0 Å². The summed E-state index contributed by atoms with van der Waals surface area (Å²) in [5.41, 5.74) is 2.08. The summed E-state index contributed by atoms with van der Waals surface area (Å²) >= 11 is 0. The minimum Gasteiger partial charge on any atom is -0.375 e. The van der Waals surface area contributed by atoms with E-state index in [1.54, 1.807) is 6.20 Å². The van der Waals surface area contributed by atoms with Gasteiger partial charge in [-0.2, -0.15) is 5.10 Å². The predicted octanol–water partition coefficient (Wildman–Crippen LogP) is 3.22. The predicted molar refractivity (Wildman–Crippen MR) is 83.8 cm³/mol. The second kappa shape index (κ2) is 5.30. The van der Waals surface area contributed by atoms with E-state index in [1.807, 2.05) is 10.7 Å². The van der Waals surface area contributed by atoms with Gasteiger partial charge in [-0.15, -0.1) is 0 Å². The summed E-state index contributed by atoms with van der Waals surface area (Å²) in [5, 5.41) is 8.19. The summed E-state index contributed by atoms with van der Waals surface area (Å²) in [6.07, 6.45) is 5.70. The Bertz CT molecular complexity index is 632. The van der Waals surface area contributed by atoms with E-state index >= 15 is 0 Å². The average Bonchev–Trinajstić information content (AvgIpc) is 2.83. The Balaban J connectivity index is 1.86. The number of hydrogen-bond donors (Lipinski definition) is 1. The first kappa shape index (κ1) is 14.3. The van der Waals surface area contributed by atoms with Crippen molar-refractivity contribution in [2.75, 3.05) is 11.9 Å². The molecule has 1 unspecified atom stereocenters. The minimum atomic E-state index is -0.0652. The standard InChI is InChI=1S/C16H24N4O/c1-11(2)13-9-14-15(17-6-7-20(14)19-13)18-12-5-8-21-16(3,4)10-12/h6-7,9,11-12H,5,8,10H2,1-4H3,(H,17,18). The maximum atomic E-state index is 5.78. The molecule has 5 heteroatoms. The van der Waals surface area contributed by atoms with Crippen LogP contribution in [-0.4, -0.2) is 32.8 Å². The fourth-order valence-electron chi connectivity index (χ4n) is 2.88. The molecule has 2 aromatic heterocycles. The van der Waals surface area contributed by atoms with Gasteiger partial charge < -0.3 is 10.1 Å². The van der Waals surface area contributed by atoms with Gasteiger partial charge in [-0.25, -0.2) is 9.50 Å². The first-order valence-corrected chi connectivity index (χ1v) is 7.69. The number of hydrogen-bond acceptors (Lipinski definition) is 4. The summed E-state index contributed by atoms with van der Waals surface area (Å²) in [4.78, 5) is 4.51. The minimum absolute atomic E-state index is 0.0652. The van der Waals surface area contributed by atoms with Crippen LogP contribution in [0.3, 0.4) is 0 Å². The topological polar surface area (TPSA) is 51.5 Å². The summed E-state index contributed by atoms with van der Waals surface area (Å²) in [7, 11) is 0. The molecule has 1 N–H and O–H groups in total. The lowest BCUT2D eigenvalue weighted by atomic mass is 9.94. The third kappa shape index (κ3) is 3.02. The average molecular weight is 288 g/mol. The summed E-state index contributed by atoms with van der Waals surface area (Å²) in [6.45, 7) is 9.39. The van der Waals surface area contributed by atoms with Crippen LogP contribution < -0.4 is 5.32 Å². The third-order valence-corrected chi connectivity index (χ3v) is 4.04. The van der Waals surface area contributed by atoms with Crippen LogP contribution in [0.25, 0.3) is 5.52 Å². The second-order valence-electron chi connectivity index (χ2n) is 6.77. The molecule has 2 aromatic rings. The SMILES string of the molecule is CC(C)c1cc2c(NC3CCOC(C)(C)C3)nccn2n1. The van der Waals surface area contributed by atoms with Crippen molar-refractivity contribution < 1.29 is 4.74 Å². The van der Waals surface area contributed by atoms with Crippen molar-refractivity contribution in [2.24, 2.45) is 0 Å². The largest absolute Gasteiger partial charge is 0.375 e. The van der Waals surface area contributed by atoms with Crippen molar-refractivity contribution in [1.29, 1.82) is 0 Å². The van der Waals surface area contributed by atoms with Crippen LogP contribution in [0.4, 0.5) is 5.82 Å². The molecule has 0 spiro atoms. The van der Waals surface area contributed by atoms with Crippen molar-refractivity contribution in [1.82, 2.24) is 14.6 Å². The molecular formula is C16H24N4O. The summed E-state index contributed by atoms with van der Waals surface area (Å²) in [5.74, 6) is 1.33. The quantitative estimate of drug-likeness (QED) is 0.942. The molecule has 1 atom stereocenters. The van der Waals surface area contributed by atoms with Gasteiger partial charge in [0.15, 0.2) is 5.82 Å². The number of ether oxygens (including phenoxy) is 1. The maximum absolute atomic E-state index is 5.78. The fourth-order valence-corrected chi connectivity index (χ4v) is 2.88. The van der Waals surface area contributed by atoms with E-state index in [4.69, 9.17) is 4.74 Å². The zero-order valence-electron chi connectivity index (χ0n) is 13.3. The molecule has 0 aliphatic carbocycles. The lowest BCUT2D eigenvalue weighted by Crippen LogP contribution is -2.40. The van der Waals surface area contributed by atoms with E-state index in [-0.39, 0.29) is 5.60 Å². The van der Waals surface area contributed by atoms with E-state index < -0.39 is 0 Å². The normalized spacial score (nSPS) is 21.9. The molecule has 114 valence electrons. The van der Waals surface area contributed by atoms with E-state index in [0.29, 0.717) is 12.0 Å². The molecule has 1 aliphatic heterocycles. The van der Waals surface area contributed by atoms with Gasteiger partial charge >= 0.3 is 0 Å². The first-order chi connectivity index (χ1) is 9.94. The van der Waals surface area contributed by atoms with Crippen molar-refractivity contribution in [2.45, 2.75) is 58.1 Å². The third-order valence-electron chi connectivity index (χ3n) is 4.04. The molecule has 0 saturated carbocycles. The highest BCUT2D eigenvalue weighted by Crippen LogP contribution is 2.27. The van der Waals surface area contributed by atoms with E-state index in [2.05, 4.69) is 49.2 Å². The highest BCUT2D eigenvalue weighted by molar-refractivity contribution is 5.68. The van der Waals surface area contributed by atoms with Crippen LogP contribution in [0, 0.1) is 0 Å². The molecule has 21 heavy (non-hydrogen) atoms. The Hall–Kier alpha value is -1.62. The molecule has 0 radical (unpaired) electrons. The lowest BCUT2D eigenvalue weighted by molar-refractivity contribution is -0.0553. The van der Waals surface area contributed by atoms with Crippen LogP contribution in [0.5, 0.6) is 0 Å². The van der Waals surface area contributed by atoms with Crippen molar-refractivity contribution in [3.8, 4) is 0 Å². The molecule has 1 fully saturated rings. The Kier molecular flexibility index (Phi) is 3.61. The van der Waals surface area contributed by atoms with Crippen LogP contribution in [-0.2, 0) is 4.74 Å². The smallest absolute Gasteiger partial charge is 0.152 e. The van der Waals surface area contributed by atoms with Crippen molar-refractivity contribution >= 4 is 11.3 Å². The van der Waals surface area contributed by atoms with E-state index in [9.17, 15) is 0 Å².